The van der Waals surface area contributed by atoms with Gasteiger partial charge in [-0.05, 0) is 18.1 Å². The molecule has 0 heterocycles. The standard InChI is InChI=1S/C13H21ClN2/c1-10(2)16-8-7-15-9-12-6-4-5-11(3)13(12)14/h4-6,10,15-16H,7-9H2,1-3H3. The Bertz CT molecular complexity index is 324. The molecule has 0 aliphatic rings. The van der Waals surface area contributed by atoms with Crippen LogP contribution >= 0.6 is 11.6 Å². The van der Waals surface area contributed by atoms with Crippen molar-refractivity contribution in [3.8, 4) is 0 Å². The van der Waals surface area contributed by atoms with Crippen molar-refractivity contribution in [2.24, 2.45) is 0 Å². The molecule has 3 heteroatoms. The third-order valence-corrected chi connectivity index (χ3v) is 2.98. The first-order chi connectivity index (χ1) is 7.61. The van der Waals surface area contributed by atoms with E-state index in [0.717, 1.165) is 30.2 Å². The Balaban J connectivity index is 2.29. The number of hydrogen-bond donors (Lipinski definition) is 2. The fourth-order valence-corrected chi connectivity index (χ4v) is 1.71. The molecule has 0 saturated heterocycles. The minimum atomic E-state index is 0.546. The van der Waals surface area contributed by atoms with Crippen molar-refractivity contribution in [2.75, 3.05) is 13.1 Å². The molecule has 0 spiro atoms. The first kappa shape index (κ1) is 13.5. The summed E-state index contributed by atoms with van der Waals surface area (Å²) in [5.41, 5.74) is 2.31. The second-order valence-corrected chi connectivity index (χ2v) is 4.71. The van der Waals surface area contributed by atoms with Gasteiger partial charge in [-0.2, -0.15) is 0 Å². The highest BCUT2D eigenvalue weighted by molar-refractivity contribution is 6.32. The fourth-order valence-electron chi connectivity index (χ4n) is 1.52. The second kappa shape index (κ2) is 6.89. The molecular formula is C13H21ClN2. The molecule has 1 aromatic carbocycles. The lowest BCUT2D eigenvalue weighted by Gasteiger charge is -2.10. The highest BCUT2D eigenvalue weighted by atomic mass is 35.5. The lowest BCUT2D eigenvalue weighted by atomic mass is 10.1. The Morgan fingerprint density at radius 2 is 2.00 bits per heavy atom. The molecule has 0 aliphatic heterocycles. The molecule has 16 heavy (non-hydrogen) atoms. The van der Waals surface area contributed by atoms with E-state index in [1.807, 2.05) is 19.1 Å². The highest BCUT2D eigenvalue weighted by Crippen LogP contribution is 2.19. The van der Waals surface area contributed by atoms with E-state index in [0.29, 0.717) is 6.04 Å². The normalized spacial score (nSPS) is 11.1. The number of rotatable bonds is 6. The molecule has 2 N–H and O–H groups in total. The predicted molar refractivity (Wildman–Crippen MR) is 71.0 cm³/mol. The summed E-state index contributed by atoms with van der Waals surface area (Å²) in [4.78, 5) is 0. The van der Waals surface area contributed by atoms with Crippen LogP contribution < -0.4 is 10.6 Å². The van der Waals surface area contributed by atoms with Gasteiger partial charge in [0.15, 0.2) is 0 Å². The zero-order chi connectivity index (χ0) is 12.0. The van der Waals surface area contributed by atoms with Crippen LogP contribution in [0.25, 0.3) is 0 Å². The molecule has 0 amide bonds. The molecule has 0 radical (unpaired) electrons. The third kappa shape index (κ3) is 4.52. The van der Waals surface area contributed by atoms with Crippen molar-refractivity contribution >= 4 is 11.6 Å². The number of aryl methyl sites for hydroxylation is 1. The van der Waals surface area contributed by atoms with Gasteiger partial charge in [-0.3, -0.25) is 0 Å². The third-order valence-electron chi connectivity index (χ3n) is 2.44. The molecule has 90 valence electrons. The minimum Gasteiger partial charge on any atom is -0.313 e. The monoisotopic (exact) mass is 240 g/mol. The van der Waals surface area contributed by atoms with Crippen LogP contribution in [0.2, 0.25) is 5.02 Å². The second-order valence-electron chi connectivity index (χ2n) is 4.33. The lowest BCUT2D eigenvalue weighted by Crippen LogP contribution is -2.31. The Kier molecular flexibility index (Phi) is 5.81. The topological polar surface area (TPSA) is 24.1 Å². The highest BCUT2D eigenvalue weighted by Gasteiger charge is 2.01. The predicted octanol–water partition coefficient (Wildman–Crippen LogP) is 2.74. The Morgan fingerprint density at radius 3 is 2.69 bits per heavy atom. The maximum absolute atomic E-state index is 6.20. The number of nitrogens with one attached hydrogen (secondary N) is 2. The van der Waals surface area contributed by atoms with Gasteiger partial charge in [0.2, 0.25) is 0 Å². The maximum atomic E-state index is 6.20. The smallest absolute Gasteiger partial charge is 0.0480 e. The quantitative estimate of drug-likeness (QED) is 0.748. The fraction of sp³-hybridized carbons (Fsp3) is 0.538. The Morgan fingerprint density at radius 1 is 1.25 bits per heavy atom. The van der Waals surface area contributed by atoms with Gasteiger partial charge in [-0.1, -0.05) is 43.6 Å². The van der Waals surface area contributed by atoms with Crippen molar-refractivity contribution in [2.45, 2.75) is 33.4 Å². The summed E-state index contributed by atoms with van der Waals surface area (Å²) in [7, 11) is 0. The molecule has 1 rings (SSSR count). The van der Waals surface area contributed by atoms with Crippen molar-refractivity contribution in [1.82, 2.24) is 10.6 Å². The van der Waals surface area contributed by atoms with Gasteiger partial charge in [-0.15, -0.1) is 0 Å². The first-order valence-corrected chi connectivity index (χ1v) is 6.17. The van der Waals surface area contributed by atoms with E-state index >= 15 is 0 Å². The number of halogens is 1. The summed E-state index contributed by atoms with van der Waals surface area (Å²) in [6.45, 7) is 9.12. The molecule has 0 bridgehead atoms. The van der Waals surface area contributed by atoms with Crippen LogP contribution in [0.5, 0.6) is 0 Å². The van der Waals surface area contributed by atoms with Gasteiger partial charge in [0, 0.05) is 30.7 Å². The zero-order valence-corrected chi connectivity index (χ0v) is 11.1. The summed E-state index contributed by atoms with van der Waals surface area (Å²) in [6.07, 6.45) is 0. The largest absolute Gasteiger partial charge is 0.313 e. The van der Waals surface area contributed by atoms with Crippen LogP contribution in [0.15, 0.2) is 18.2 Å². The van der Waals surface area contributed by atoms with Gasteiger partial charge in [-0.25, -0.2) is 0 Å². The van der Waals surface area contributed by atoms with Gasteiger partial charge >= 0.3 is 0 Å². The van der Waals surface area contributed by atoms with Crippen molar-refractivity contribution in [3.05, 3.63) is 34.3 Å². The molecule has 0 fully saturated rings. The summed E-state index contributed by atoms with van der Waals surface area (Å²) in [5.74, 6) is 0. The van der Waals surface area contributed by atoms with Crippen LogP contribution in [0.3, 0.4) is 0 Å². The SMILES string of the molecule is Cc1cccc(CNCCNC(C)C)c1Cl. The van der Waals surface area contributed by atoms with E-state index in [-0.39, 0.29) is 0 Å². The summed E-state index contributed by atoms with van der Waals surface area (Å²) in [6, 6.07) is 6.69. The van der Waals surface area contributed by atoms with Crippen LogP contribution in [0.1, 0.15) is 25.0 Å². The van der Waals surface area contributed by atoms with Gasteiger partial charge < -0.3 is 10.6 Å². The van der Waals surface area contributed by atoms with Crippen LogP contribution in [-0.4, -0.2) is 19.1 Å². The Hall–Kier alpha value is -0.570. The molecule has 0 aromatic heterocycles. The molecule has 0 saturated carbocycles. The first-order valence-electron chi connectivity index (χ1n) is 5.79. The van der Waals surface area contributed by atoms with Gasteiger partial charge in [0.1, 0.15) is 0 Å². The number of hydrogen-bond acceptors (Lipinski definition) is 2. The number of benzene rings is 1. The van der Waals surface area contributed by atoms with Crippen LogP contribution in [0, 0.1) is 6.92 Å². The Labute approximate surface area is 103 Å². The van der Waals surface area contributed by atoms with E-state index in [4.69, 9.17) is 11.6 Å². The zero-order valence-electron chi connectivity index (χ0n) is 10.3. The average molecular weight is 241 g/mol. The molecule has 0 atom stereocenters. The van der Waals surface area contributed by atoms with E-state index in [1.54, 1.807) is 0 Å². The van der Waals surface area contributed by atoms with E-state index < -0.39 is 0 Å². The summed E-state index contributed by atoms with van der Waals surface area (Å²) < 4.78 is 0. The molecule has 0 unspecified atom stereocenters. The van der Waals surface area contributed by atoms with Crippen molar-refractivity contribution < 1.29 is 0 Å². The van der Waals surface area contributed by atoms with Crippen molar-refractivity contribution in [1.29, 1.82) is 0 Å². The van der Waals surface area contributed by atoms with Crippen LogP contribution in [0.4, 0.5) is 0 Å². The molecule has 0 aliphatic carbocycles. The van der Waals surface area contributed by atoms with Crippen LogP contribution in [-0.2, 0) is 6.54 Å². The minimum absolute atomic E-state index is 0.546. The summed E-state index contributed by atoms with van der Waals surface area (Å²) >= 11 is 6.20. The van der Waals surface area contributed by atoms with E-state index in [9.17, 15) is 0 Å². The molecule has 1 aromatic rings. The molecule has 2 nitrogen and oxygen atoms in total. The van der Waals surface area contributed by atoms with E-state index in [2.05, 4.69) is 30.5 Å². The summed E-state index contributed by atoms with van der Waals surface area (Å²) in [5, 5.41) is 7.62. The van der Waals surface area contributed by atoms with Gasteiger partial charge in [0.05, 0.1) is 0 Å². The van der Waals surface area contributed by atoms with E-state index in [1.165, 1.54) is 5.56 Å². The van der Waals surface area contributed by atoms with Gasteiger partial charge in [0.25, 0.3) is 0 Å². The average Bonchev–Trinajstić information content (AvgIpc) is 2.23. The lowest BCUT2D eigenvalue weighted by molar-refractivity contribution is 0.555. The maximum Gasteiger partial charge on any atom is 0.0480 e. The van der Waals surface area contributed by atoms with Crippen molar-refractivity contribution in [3.63, 3.8) is 0 Å². The molecular weight excluding hydrogens is 220 g/mol.